The Kier molecular flexibility index (Phi) is 4.70. The van der Waals surface area contributed by atoms with Gasteiger partial charge in [0.05, 0.1) is 5.71 Å². The minimum Gasteiger partial charge on any atom is -0.454 e. The van der Waals surface area contributed by atoms with E-state index in [0.29, 0.717) is 25.9 Å². The van der Waals surface area contributed by atoms with Gasteiger partial charge in [-0.05, 0) is 42.7 Å². The number of carbonyl (C=O) groups is 1. The molecule has 0 aliphatic carbocycles. The maximum atomic E-state index is 13.0. The lowest BCUT2D eigenvalue weighted by atomic mass is 9.96. The van der Waals surface area contributed by atoms with Gasteiger partial charge in [0.15, 0.2) is 23.0 Å². The highest BCUT2D eigenvalue weighted by Gasteiger charge is 2.35. The number of piperidine rings is 1. The lowest BCUT2D eigenvalue weighted by Gasteiger charge is -2.31. The fraction of sp³-hybridized carbons (Fsp3) is 0.375. The molecule has 0 bridgehead atoms. The molecule has 8 heteroatoms. The van der Waals surface area contributed by atoms with Gasteiger partial charge in [-0.25, -0.2) is 4.98 Å². The summed E-state index contributed by atoms with van der Waals surface area (Å²) in [6, 6.07) is 13.6. The third-order valence-electron chi connectivity index (χ3n) is 6.32. The second-order valence-corrected chi connectivity index (χ2v) is 8.44. The highest BCUT2D eigenvalue weighted by atomic mass is 16.7. The summed E-state index contributed by atoms with van der Waals surface area (Å²) in [5.41, 5.74) is 3.62. The number of nitrogens with zero attached hydrogens (tertiary/aromatic N) is 3. The minimum atomic E-state index is -0.542. The van der Waals surface area contributed by atoms with Crippen molar-refractivity contribution >= 4 is 22.7 Å². The van der Waals surface area contributed by atoms with Crippen molar-refractivity contribution in [2.24, 2.45) is 5.16 Å². The van der Waals surface area contributed by atoms with Gasteiger partial charge in [-0.2, -0.15) is 0 Å². The maximum Gasteiger partial charge on any atom is 0.266 e. The van der Waals surface area contributed by atoms with Crippen molar-refractivity contribution in [3.63, 3.8) is 0 Å². The van der Waals surface area contributed by atoms with Crippen molar-refractivity contribution in [3.8, 4) is 11.5 Å². The second-order valence-electron chi connectivity index (χ2n) is 8.44. The first kappa shape index (κ1) is 19.2. The van der Waals surface area contributed by atoms with Crippen LogP contribution in [0, 0.1) is 0 Å². The van der Waals surface area contributed by atoms with E-state index in [1.165, 1.54) is 0 Å². The van der Waals surface area contributed by atoms with Crippen LogP contribution in [0.5, 0.6) is 11.5 Å². The zero-order valence-corrected chi connectivity index (χ0v) is 17.5. The van der Waals surface area contributed by atoms with Crippen LogP contribution in [-0.2, 0) is 16.1 Å². The zero-order valence-electron chi connectivity index (χ0n) is 17.5. The van der Waals surface area contributed by atoms with E-state index in [1.54, 1.807) is 0 Å². The molecule has 2 aromatic carbocycles. The first-order valence-electron chi connectivity index (χ1n) is 11.0. The van der Waals surface area contributed by atoms with E-state index in [2.05, 4.69) is 10.1 Å². The van der Waals surface area contributed by atoms with Gasteiger partial charge in [-0.1, -0.05) is 23.4 Å². The van der Waals surface area contributed by atoms with Crippen LogP contribution in [0.4, 0.5) is 0 Å². The van der Waals surface area contributed by atoms with Crippen LogP contribution in [0.1, 0.15) is 36.6 Å². The number of likely N-dealkylation sites (tertiary alicyclic amines) is 1. The Morgan fingerprint density at radius 2 is 1.91 bits per heavy atom. The molecule has 3 aromatic rings. The maximum absolute atomic E-state index is 13.0. The predicted octanol–water partition coefficient (Wildman–Crippen LogP) is 3.65. The lowest BCUT2D eigenvalue weighted by molar-refractivity contribution is -0.143. The minimum absolute atomic E-state index is 0.00505. The van der Waals surface area contributed by atoms with E-state index in [0.717, 1.165) is 52.6 Å². The molecule has 1 saturated heterocycles. The van der Waals surface area contributed by atoms with Crippen molar-refractivity contribution < 1.29 is 23.5 Å². The highest BCUT2D eigenvalue weighted by Crippen LogP contribution is 2.33. The molecule has 0 spiro atoms. The first-order valence-corrected chi connectivity index (χ1v) is 11.0. The number of rotatable bonds is 4. The van der Waals surface area contributed by atoms with Crippen molar-refractivity contribution in [2.45, 2.75) is 37.7 Å². The second kappa shape index (κ2) is 7.85. The Balaban J connectivity index is 1.03. The summed E-state index contributed by atoms with van der Waals surface area (Å²) in [5.74, 6) is 2.51. The summed E-state index contributed by atoms with van der Waals surface area (Å²) in [4.78, 5) is 25.0. The van der Waals surface area contributed by atoms with Gasteiger partial charge in [0.25, 0.3) is 5.91 Å². The Bertz CT molecular complexity index is 1160. The van der Waals surface area contributed by atoms with Crippen molar-refractivity contribution in [2.75, 3.05) is 19.9 Å². The Hall–Kier alpha value is -3.55. The van der Waals surface area contributed by atoms with Crippen LogP contribution in [0.2, 0.25) is 0 Å². The average Bonchev–Trinajstić information content (AvgIpc) is 3.57. The molecular formula is C24H23N3O5. The molecule has 0 radical (unpaired) electrons. The quantitative estimate of drug-likeness (QED) is 0.624. The van der Waals surface area contributed by atoms with Crippen LogP contribution in [0.15, 0.2) is 52.0 Å². The van der Waals surface area contributed by atoms with Gasteiger partial charge in [0.2, 0.25) is 12.9 Å². The number of ether oxygens (including phenoxy) is 2. The standard InChI is InChI=1S/C24H23N3O5/c28-24(22-13-17(26-32-22)11-15-5-6-20-21(12-15)30-14-29-20)27-9-7-16(8-10-27)23-25-18-3-1-2-4-19(18)31-23/h1-6,12,16,22H,7-11,13-14H2/t22-/m1/s1. The summed E-state index contributed by atoms with van der Waals surface area (Å²) in [7, 11) is 0. The number of amides is 1. The van der Waals surface area contributed by atoms with Crippen LogP contribution in [0.25, 0.3) is 11.1 Å². The SMILES string of the molecule is O=C([C@H]1CC(Cc2ccc3c(c2)OCO3)=NO1)N1CCC(c2nc3ccccc3o2)CC1. The van der Waals surface area contributed by atoms with Crippen LogP contribution >= 0.6 is 0 Å². The number of hydrogen-bond acceptors (Lipinski definition) is 7. The van der Waals surface area contributed by atoms with Gasteiger partial charge >= 0.3 is 0 Å². The van der Waals surface area contributed by atoms with Gasteiger partial charge in [-0.3, -0.25) is 4.79 Å². The molecule has 0 N–H and O–H groups in total. The molecule has 3 aliphatic rings. The first-order chi connectivity index (χ1) is 15.7. The van der Waals surface area contributed by atoms with Gasteiger partial charge in [0.1, 0.15) is 5.52 Å². The zero-order chi connectivity index (χ0) is 21.5. The number of para-hydroxylation sites is 2. The van der Waals surface area contributed by atoms with Crippen LogP contribution < -0.4 is 9.47 Å². The molecule has 8 nitrogen and oxygen atoms in total. The Labute approximate surface area is 184 Å². The molecule has 0 unspecified atom stereocenters. The molecular weight excluding hydrogens is 410 g/mol. The van der Waals surface area contributed by atoms with Gasteiger partial charge in [-0.15, -0.1) is 0 Å². The molecule has 1 aromatic heterocycles. The van der Waals surface area contributed by atoms with E-state index in [4.69, 9.17) is 18.7 Å². The normalized spacial score (nSPS) is 20.4. The Morgan fingerprint density at radius 3 is 2.78 bits per heavy atom. The Morgan fingerprint density at radius 1 is 1.06 bits per heavy atom. The van der Waals surface area contributed by atoms with E-state index in [9.17, 15) is 4.79 Å². The molecule has 0 saturated carbocycles. The molecule has 6 rings (SSSR count). The van der Waals surface area contributed by atoms with Crippen LogP contribution in [0.3, 0.4) is 0 Å². The van der Waals surface area contributed by atoms with Crippen molar-refractivity contribution in [3.05, 3.63) is 53.9 Å². The summed E-state index contributed by atoms with van der Waals surface area (Å²) in [6.45, 7) is 1.58. The summed E-state index contributed by atoms with van der Waals surface area (Å²) >= 11 is 0. The predicted molar refractivity (Wildman–Crippen MR) is 116 cm³/mol. The smallest absolute Gasteiger partial charge is 0.266 e. The largest absolute Gasteiger partial charge is 0.454 e. The topological polar surface area (TPSA) is 86.4 Å². The molecule has 4 heterocycles. The molecule has 32 heavy (non-hydrogen) atoms. The molecule has 1 fully saturated rings. The molecule has 1 atom stereocenters. The third-order valence-corrected chi connectivity index (χ3v) is 6.32. The fourth-order valence-electron chi connectivity index (χ4n) is 4.57. The molecule has 3 aliphatic heterocycles. The number of aromatic nitrogens is 1. The molecule has 164 valence electrons. The summed E-state index contributed by atoms with van der Waals surface area (Å²) in [6.07, 6.45) is 2.25. The van der Waals surface area contributed by atoms with E-state index in [1.807, 2.05) is 47.4 Å². The third kappa shape index (κ3) is 3.55. The monoisotopic (exact) mass is 433 g/mol. The number of hydrogen-bond donors (Lipinski definition) is 0. The number of benzene rings is 2. The van der Waals surface area contributed by atoms with E-state index in [-0.39, 0.29) is 18.6 Å². The molecule has 1 amide bonds. The highest BCUT2D eigenvalue weighted by molar-refractivity contribution is 5.94. The van der Waals surface area contributed by atoms with Gasteiger partial charge in [0, 0.05) is 31.8 Å². The average molecular weight is 433 g/mol. The van der Waals surface area contributed by atoms with E-state index >= 15 is 0 Å². The number of oxazole rings is 1. The lowest BCUT2D eigenvalue weighted by Crippen LogP contribution is -2.43. The number of fused-ring (bicyclic) bond motifs is 2. The van der Waals surface area contributed by atoms with Crippen molar-refractivity contribution in [1.29, 1.82) is 0 Å². The van der Waals surface area contributed by atoms with Crippen molar-refractivity contribution in [1.82, 2.24) is 9.88 Å². The number of carbonyl (C=O) groups excluding carboxylic acids is 1. The van der Waals surface area contributed by atoms with Crippen LogP contribution in [-0.4, -0.2) is 47.5 Å². The van der Waals surface area contributed by atoms with Gasteiger partial charge < -0.3 is 23.6 Å². The summed E-state index contributed by atoms with van der Waals surface area (Å²) < 4.78 is 16.7. The number of oxime groups is 1. The fourth-order valence-corrected chi connectivity index (χ4v) is 4.57. The van der Waals surface area contributed by atoms with E-state index < -0.39 is 6.10 Å². The summed E-state index contributed by atoms with van der Waals surface area (Å²) in [5, 5.41) is 4.18.